The molecule has 5 amide bonds. The van der Waals surface area contributed by atoms with E-state index in [1.54, 1.807) is 30.6 Å². The van der Waals surface area contributed by atoms with Gasteiger partial charge in [-0.25, -0.2) is 4.98 Å². The van der Waals surface area contributed by atoms with Crippen LogP contribution in [0.1, 0.15) is 128 Å². The molecule has 0 spiro atoms. The molecule has 6 N–H and O–H groups in total. The molecule has 5 aromatic rings. The van der Waals surface area contributed by atoms with Crippen molar-refractivity contribution >= 4 is 40.9 Å². The molecule has 1 unspecified atom stereocenters. The van der Waals surface area contributed by atoms with E-state index < -0.39 is 17.5 Å². The number of hydrogen-bond acceptors (Lipinski definition) is 14. The third-order valence-electron chi connectivity index (χ3n) is 13.8. The molecule has 19 nitrogen and oxygen atoms in total. The van der Waals surface area contributed by atoms with Crippen molar-refractivity contribution < 1.29 is 42.9 Å². The Morgan fingerprint density at radius 1 is 0.800 bits per heavy atom. The van der Waals surface area contributed by atoms with Crippen LogP contribution in [-0.2, 0) is 40.7 Å². The molecule has 3 aliphatic rings. The van der Waals surface area contributed by atoms with Crippen LogP contribution in [-0.4, -0.2) is 120 Å². The summed E-state index contributed by atoms with van der Waals surface area (Å²) in [7, 11) is 0. The summed E-state index contributed by atoms with van der Waals surface area (Å²) in [6, 6.07) is 23.5. The summed E-state index contributed by atoms with van der Waals surface area (Å²) in [4.78, 5) is 73.7. The summed E-state index contributed by atoms with van der Waals surface area (Å²) in [5, 5.41) is 23.3. The summed E-state index contributed by atoms with van der Waals surface area (Å²) in [5.74, 6) is 0.819. The van der Waals surface area contributed by atoms with Crippen LogP contribution < -0.4 is 31.3 Å². The van der Waals surface area contributed by atoms with Crippen molar-refractivity contribution in [3.05, 3.63) is 119 Å². The fourth-order valence-electron chi connectivity index (χ4n) is 9.58. The zero-order valence-corrected chi connectivity index (χ0v) is 42.8. The lowest BCUT2D eigenvalue weighted by Crippen LogP contribution is -2.52. The Hall–Kier alpha value is -7.06. The van der Waals surface area contributed by atoms with Gasteiger partial charge < -0.3 is 45.1 Å². The number of unbranched alkanes of at least 4 members (excludes halogenated alkanes) is 5. The van der Waals surface area contributed by atoms with E-state index in [2.05, 4.69) is 41.8 Å². The van der Waals surface area contributed by atoms with Crippen molar-refractivity contribution in [1.29, 1.82) is 0 Å². The van der Waals surface area contributed by atoms with Crippen molar-refractivity contribution in [1.82, 2.24) is 41.0 Å². The topological polar surface area (TPSA) is 240 Å². The fraction of sp³-hybridized carbons (Fsp3) is 0.464. The van der Waals surface area contributed by atoms with Gasteiger partial charge in [-0.2, -0.15) is 5.10 Å². The van der Waals surface area contributed by atoms with E-state index in [-0.39, 0.29) is 49.1 Å². The molecule has 3 aliphatic heterocycles. The number of anilines is 2. The van der Waals surface area contributed by atoms with Gasteiger partial charge in [0, 0.05) is 78.6 Å². The third kappa shape index (κ3) is 15.3. The number of fused-ring (bicyclic) bond motifs is 1. The van der Waals surface area contributed by atoms with E-state index >= 15 is 0 Å². The second-order valence-electron chi connectivity index (χ2n) is 19.2. The number of aromatic amines is 1. The monoisotopic (exact) mass is 1030 g/mol. The second kappa shape index (κ2) is 27.5. The van der Waals surface area contributed by atoms with E-state index in [0.717, 1.165) is 92.8 Å². The van der Waals surface area contributed by atoms with Gasteiger partial charge in [0.05, 0.1) is 44.6 Å². The number of piperidine rings is 2. The number of pyridine rings is 1. The van der Waals surface area contributed by atoms with Crippen LogP contribution in [0.4, 0.5) is 11.4 Å². The minimum absolute atomic E-state index is 0.134. The smallest absolute Gasteiger partial charge is 0.255 e. The van der Waals surface area contributed by atoms with Crippen molar-refractivity contribution in [3.8, 4) is 17.1 Å². The molecular formula is C56H70N10O9. The summed E-state index contributed by atoms with van der Waals surface area (Å²) >= 11 is 0. The third-order valence-corrected chi connectivity index (χ3v) is 13.8. The lowest BCUT2D eigenvalue weighted by Gasteiger charge is -2.37. The molecule has 0 radical (unpaired) electrons. The van der Waals surface area contributed by atoms with Crippen LogP contribution in [0.25, 0.3) is 11.4 Å². The van der Waals surface area contributed by atoms with Gasteiger partial charge in [-0.1, -0.05) is 37.1 Å². The van der Waals surface area contributed by atoms with Crippen LogP contribution in [0.15, 0.2) is 91.3 Å². The first-order valence-corrected chi connectivity index (χ1v) is 26.4. The van der Waals surface area contributed by atoms with E-state index in [1.165, 1.54) is 4.90 Å². The first-order valence-electron chi connectivity index (χ1n) is 26.4. The average molecular weight is 1030 g/mol. The molecule has 75 heavy (non-hydrogen) atoms. The predicted molar refractivity (Wildman–Crippen MR) is 282 cm³/mol. The van der Waals surface area contributed by atoms with E-state index in [0.29, 0.717) is 87.3 Å². The zero-order chi connectivity index (χ0) is 52.2. The molecule has 398 valence electrons. The standard InChI is InChI=1S/C56H70N10O9/c1-39(59-52(69)42-11-9-12-43(37-42)63-56(24-28-58-29-25-56)55-62-51(64-65-55)41-22-26-57-27-23-41)40-16-18-44(19-17-40)75-32-8-3-2-6-30-72-33-35-74-36-34-73-31-7-4-5-15-49(67)60-47-14-10-13-45-46(47)38-66(54(45)71)48-20-21-50(68)61-53(48)70/h9-14,16-19,22-23,26-27,37,39,48,58,63H,2-8,15,20-21,24-25,28-36,38H2,1H3,(H,59,69)(H,60,67)(H,61,68,70)(H,62,64,65)/t39-,48?/m1/s1. The van der Waals surface area contributed by atoms with Crippen LogP contribution in [0.3, 0.4) is 0 Å². The van der Waals surface area contributed by atoms with Crippen LogP contribution in [0.2, 0.25) is 0 Å². The summed E-state index contributed by atoms with van der Waals surface area (Å²) in [5.41, 5.74) is 4.52. The Labute approximate surface area is 438 Å². The maximum Gasteiger partial charge on any atom is 0.255 e. The number of carbonyl (C=O) groups excluding carboxylic acids is 5. The Balaban J connectivity index is 0.611. The van der Waals surface area contributed by atoms with Gasteiger partial charge in [0.15, 0.2) is 11.6 Å². The highest BCUT2D eigenvalue weighted by molar-refractivity contribution is 6.06. The van der Waals surface area contributed by atoms with Gasteiger partial charge in [0.25, 0.3) is 11.8 Å². The summed E-state index contributed by atoms with van der Waals surface area (Å²) in [6.07, 6.45) is 12.2. The highest BCUT2D eigenvalue weighted by Gasteiger charge is 2.40. The Morgan fingerprint density at radius 2 is 1.49 bits per heavy atom. The van der Waals surface area contributed by atoms with Crippen molar-refractivity contribution in [2.24, 2.45) is 0 Å². The first-order chi connectivity index (χ1) is 36.7. The number of rotatable bonds is 29. The molecule has 0 bridgehead atoms. The number of amides is 5. The van der Waals surface area contributed by atoms with Crippen molar-refractivity contribution in [2.45, 2.75) is 108 Å². The molecule has 19 heteroatoms. The molecule has 0 aliphatic carbocycles. The molecular weight excluding hydrogens is 957 g/mol. The van der Waals surface area contributed by atoms with Crippen molar-refractivity contribution in [3.63, 3.8) is 0 Å². The summed E-state index contributed by atoms with van der Waals surface area (Å²) in [6.45, 7) is 7.75. The Kier molecular flexibility index (Phi) is 19.9. The molecule has 2 fully saturated rings. The number of nitrogens with one attached hydrogen (secondary N) is 6. The van der Waals surface area contributed by atoms with Gasteiger partial charge in [0.1, 0.15) is 11.8 Å². The quantitative estimate of drug-likeness (QED) is 0.0209. The van der Waals surface area contributed by atoms with Crippen LogP contribution in [0, 0.1) is 0 Å². The van der Waals surface area contributed by atoms with Crippen LogP contribution >= 0.6 is 0 Å². The molecule has 0 saturated carbocycles. The van der Waals surface area contributed by atoms with Crippen molar-refractivity contribution in [2.75, 3.05) is 70.0 Å². The van der Waals surface area contributed by atoms with E-state index in [1.807, 2.05) is 67.6 Å². The lowest BCUT2D eigenvalue weighted by atomic mass is 9.87. The highest BCUT2D eigenvalue weighted by Crippen LogP contribution is 2.35. The summed E-state index contributed by atoms with van der Waals surface area (Å²) < 4.78 is 23.1. The highest BCUT2D eigenvalue weighted by atomic mass is 16.5. The number of hydrogen-bond donors (Lipinski definition) is 6. The number of benzene rings is 3. The number of aromatic nitrogens is 4. The molecule has 3 aromatic carbocycles. The molecule has 2 aromatic heterocycles. The largest absolute Gasteiger partial charge is 0.494 e. The van der Waals surface area contributed by atoms with Gasteiger partial charge in [0.2, 0.25) is 17.7 Å². The Morgan fingerprint density at radius 3 is 2.23 bits per heavy atom. The van der Waals surface area contributed by atoms with Crippen LogP contribution in [0.5, 0.6) is 5.75 Å². The normalized spacial score (nSPS) is 16.5. The number of ether oxygens (including phenoxy) is 4. The molecule has 2 saturated heterocycles. The fourth-order valence-corrected chi connectivity index (χ4v) is 9.58. The molecule has 2 atom stereocenters. The van der Waals surface area contributed by atoms with Gasteiger partial charge in [-0.05, 0) is 132 Å². The maximum atomic E-state index is 13.5. The van der Waals surface area contributed by atoms with Gasteiger partial charge >= 0.3 is 0 Å². The minimum Gasteiger partial charge on any atom is -0.494 e. The van der Waals surface area contributed by atoms with E-state index in [9.17, 15) is 24.0 Å². The average Bonchev–Trinajstić information content (AvgIpc) is 4.09. The molecule has 5 heterocycles. The maximum absolute atomic E-state index is 13.5. The zero-order valence-electron chi connectivity index (χ0n) is 42.8. The Bertz CT molecular complexity index is 2680. The minimum atomic E-state index is -0.705. The number of nitrogens with zero attached hydrogens (tertiary/aromatic N) is 4. The van der Waals surface area contributed by atoms with Gasteiger partial charge in [-0.15, -0.1) is 0 Å². The number of imide groups is 1. The lowest BCUT2D eigenvalue weighted by molar-refractivity contribution is -0.137. The number of carbonyl (C=O) groups is 5. The number of H-pyrrole nitrogens is 1. The van der Waals surface area contributed by atoms with E-state index in [4.69, 9.17) is 23.9 Å². The SMILES string of the molecule is C[C@@H](NC(=O)c1cccc(NC2(c3nc(-c4ccncc4)n[nH]3)CCNCC2)c1)c1ccc(OCCCCCCOCCOCCOCCCCCC(=O)Nc2cccc3c2CN(C2CCC(=O)NC2=O)C3=O)cc1. The second-order valence-corrected chi connectivity index (χ2v) is 19.2. The van der Waals surface area contributed by atoms with Gasteiger partial charge in [-0.3, -0.25) is 39.4 Å². The predicted octanol–water partition coefficient (Wildman–Crippen LogP) is 7.00. The first kappa shape index (κ1) is 54.2. The molecule has 8 rings (SSSR count).